The number of hydrogen-bond acceptors (Lipinski definition) is 7. The summed E-state index contributed by atoms with van der Waals surface area (Å²) in [5, 5.41) is 39.9. The van der Waals surface area contributed by atoms with Crippen LogP contribution in [0.5, 0.6) is 11.5 Å². The van der Waals surface area contributed by atoms with Crippen LogP contribution in [0.2, 0.25) is 5.02 Å². The molecule has 2 heterocycles. The van der Waals surface area contributed by atoms with Crippen molar-refractivity contribution in [2.24, 2.45) is 0 Å². The Balaban J connectivity index is 1.98. The molecule has 8 nitrogen and oxygen atoms in total. The number of hydrogen-bond donors (Lipinski definition) is 4. The monoisotopic (exact) mass is 445 g/mol. The standard InChI is InChI=1S/C22H20ClNO7/c1-24-5-4-12(14(24)9-25)19-15(26)7-16(27)20-17(28)8-18(31-21(19)20)11-3-2-10(22(29)30)6-13(11)23/h2-3,6-8,12,14,25-27H,4-5,9H2,1H3,(H,29,30)/t12?,14-/m1/s1. The minimum atomic E-state index is -1.15. The predicted molar refractivity (Wildman–Crippen MR) is 114 cm³/mol. The molecule has 1 saturated heterocycles. The van der Waals surface area contributed by atoms with E-state index in [0.29, 0.717) is 24.1 Å². The Morgan fingerprint density at radius 1 is 1.23 bits per heavy atom. The zero-order valence-electron chi connectivity index (χ0n) is 16.5. The molecular weight excluding hydrogens is 426 g/mol. The molecule has 0 radical (unpaired) electrons. The maximum atomic E-state index is 12.9. The zero-order chi connectivity index (χ0) is 22.4. The van der Waals surface area contributed by atoms with Crippen LogP contribution < -0.4 is 5.43 Å². The van der Waals surface area contributed by atoms with Gasteiger partial charge in [0.15, 0.2) is 5.43 Å². The number of phenols is 2. The maximum absolute atomic E-state index is 12.9. The highest BCUT2D eigenvalue weighted by Gasteiger charge is 2.36. The van der Waals surface area contributed by atoms with Crippen LogP contribution in [0, 0.1) is 0 Å². The van der Waals surface area contributed by atoms with Crippen molar-refractivity contribution in [2.75, 3.05) is 20.2 Å². The fourth-order valence-electron chi connectivity index (χ4n) is 4.27. The summed E-state index contributed by atoms with van der Waals surface area (Å²) in [4.78, 5) is 26.0. The second kappa shape index (κ2) is 7.88. The average molecular weight is 446 g/mol. The Hall–Kier alpha value is -3.07. The van der Waals surface area contributed by atoms with E-state index in [1.807, 2.05) is 11.9 Å². The first-order chi connectivity index (χ1) is 14.7. The lowest BCUT2D eigenvalue weighted by atomic mass is 9.89. The predicted octanol–water partition coefficient (Wildman–Crippen LogP) is 3.00. The van der Waals surface area contributed by atoms with Gasteiger partial charge in [-0.15, -0.1) is 0 Å². The molecule has 2 atom stereocenters. The van der Waals surface area contributed by atoms with Crippen LogP contribution in [0.4, 0.5) is 0 Å². The number of halogens is 1. The zero-order valence-corrected chi connectivity index (χ0v) is 17.3. The highest BCUT2D eigenvalue weighted by atomic mass is 35.5. The quantitative estimate of drug-likeness (QED) is 0.482. The summed E-state index contributed by atoms with van der Waals surface area (Å²) in [5.41, 5.74) is 0.0696. The number of likely N-dealkylation sites (N-methyl/N-ethyl adjacent to an activating group) is 1. The Morgan fingerprint density at radius 2 is 1.97 bits per heavy atom. The van der Waals surface area contributed by atoms with Crippen molar-refractivity contribution in [3.8, 4) is 22.8 Å². The maximum Gasteiger partial charge on any atom is 0.335 e. The second-order valence-electron chi connectivity index (χ2n) is 7.63. The van der Waals surface area contributed by atoms with Crippen molar-refractivity contribution in [3.05, 3.63) is 56.7 Å². The smallest absolute Gasteiger partial charge is 0.335 e. The summed E-state index contributed by atoms with van der Waals surface area (Å²) >= 11 is 6.24. The van der Waals surface area contributed by atoms with E-state index in [1.165, 1.54) is 18.2 Å². The number of carboxylic acid groups (broad SMARTS) is 1. The third kappa shape index (κ3) is 3.52. The number of benzene rings is 2. The van der Waals surface area contributed by atoms with Gasteiger partial charge in [0.25, 0.3) is 0 Å². The van der Waals surface area contributed by atoms with E-state index in [9.17, 15) is 24.9 Å². The molecule has 1 aliphatic heterocycles. The van der Waals surface area contributed by atoms with Gasteiger partial charge in [-0.3, -0.25) is 4.79 Å². The van der Waals surface area contributed by atoms with E-state index >= 15 is 0 Å². The van der Waals surface area contributed by atoms with Crippen molar-refractivity contribution >= 4 is 28.5 Å². The molecule has 0 amide bonds. The molecule has 4 rings (SSSR count). The van der Waals surface area contributed by atoms with E-state index in [0.717, 1.165) is 12.1 Å². The van der Waals surface area contributed by atoms with Gasteiger partial charge in [0.1, 0.15) is 28.2 Å². The fourth-order valence-corrected chi connectivity index (χ4v) is 4.55. The minimum absolute atomic E-state index is 0.0112. The van der Waals surface area contributed by atoms with Gasteiger partial charge < -0.3 is 29.7 Å². The van der Waals surface area contributed by atoms with Crippen LogP contribution in [0.3, 0.4) is 0 Å². The van der Waals surface area contributed by atoms with Crippen LogP contribution in [0.15, 0.2) is 39.5 Å². The summed E-state index contributed by atoms with van der Waals surface area (Å²) in [7, 11) is 1.85. The number of phenolic OH excluding ortho intramolecular Hbond substituents is 2. The molecule has 4 N–H and O–H groups in total. The van der Waals surface area contributed by atoms with Gasteiger partial charge in [0.2, 0.25) is 0 Å². The molecule has 0 saturated carbocycles. The molecule has 1 aromatic heterocycles. The summed E-state index contributed by atoms with van der Waals surface area (Å²) in [6.07, 6.45) is 0.608. The van der Waals surface area contributed by atoms with Gasteiger partial charge in [0.05, 0.1) is 17.2 Å². The molecule has 0 bridgehead atoms. The highest BCUT2D eigenvalue weighted by molar-refractivity contribution is 6.33. The van der Waals surface area contributed by atoms with Crippen LogP contribution in [-0.2, 0) is 0 Å². The lowest BCUT2D eigenvalue weighted by Crippen LogP contribution is -2.32. The number of aliphatic hydroxyl groups is 1. The SMILES string of the molecule is CN1CCC(c2c(O)cc(O)c3c(=O)cc(-c4ccc(C(=O)O)cc4Cl)oc23)[C@H]1CO. The molecule has 0 spiro atoms. The molecule has 0 aliphatic carbocycles. The third-order valence-electron chi connectivity index (χ3n) is 5.86. The topological polar surface area (TPSA) is 131 Å². The normalized spacial score (nSPS) is 19.2. The highest BCUT2D eigenvalue weighted by Crippen LogP contribution is 2.44. The van der Waals surface area contributed by atoms with Crippen molar-refractivity contribution < 1.29 is 29.6 Å². The number of rotatable bonds is 4. The Kier molecular flexibility index (Phi) is 5.38. The summed E-state index contributed by atoms with van der Waals surface area (Å²) in [5.74, 6) is -2.07. The number of aliphatic hydroxyl groups excluding tert-OH is 1. The van der Waals surface area contributed by atoms with E-state index < -0.39 is 17.1 Å². The van der Waals surface area contributed by atoms with E-state index in [-0.39, 0.29) is 51.6 Å². The number of fused-ring (bicyclic) bond motifs is 1. The molecule has 1 aliphatic rings. The first-order valence-electron chi connectivity index (χ1n) is 9.60. The largest absolute Gasteiger partial charge is 0.507 e. The van der Waals surface area contributed by atoms with E-state index in [1.54, 1.807) is 0 Å². The third-order valence-corrected chi connectivity index (χ3v) is 6.17. The Bertz CT molecular complexity index is 1250. The van der Waals surface area contributed by atoms with Gasteiger partial charge in [0, 0.05) is 35.2 Å². The van der Waals surface area contributed by atoms with E-state index in [4.69, 9.17) is 21.1 Å². The molecule has 162 valence electrons. The van der Waals surface area contributed by atoms with Crippen molar-refractivity contribution in [1.82, 2.24) is 4.90 Å². The van der Waals surface area contributed by atoms with Gasteiger partial charge in [-0.1, -0.05) is 11.6 Å². The average Bonchev–Trinajstić information content (AvgIpc) is 3.07. The number of aromatic hydroxyl groups is 2. The number of carboxylic acids is 1. The van der Waals surface area contributed by atoms with Crippen LogP contribution in [0.25, 0.3) is 22.3 Å². The van der Waals surface area contributed by atoms with Crippen molar-refractivity contribution in [2.45, 2.75) is 18.4 Å². The summed E-state index contributed by atoms with van der Waals surface area (Å²) in [6, 6.07) is 5.98. The molecule has 1 unspecified atom stereocenters. The van der Waals surface area contributed by atoms with Gasteiger partial charge in [-0.05, 0) is 38.2 Å². The molecule has 2 aromatic carbocycles. The van der Waals surface area contributed by atoms with Crippen molar-refractivity contribution in [3.63, 3.8) is 0 Å². The van der Waals surface area contributed by atoms with Gasteiger partial charge in [-0.2, -0.15) is 0 Å². The minimum Gasteiger partial charge on any atom is -0.507 e. The van der Waals surface area contributed by atoms with Crippen LogP contribution in [0.1, 0.15) is 28.3 Å². The first kappa shape index (κ1) is 21.2. The van der Waals surface area contributed by atoms with Crippen LogP contribution >= 0.6 is 11.6 Å². The molecule has 1 fully saturated rings. The molecule has 31 heavy (non-hydrogen) atoms. The second-order valence-corrected chi connectivity index (χ2v) is 8.04. The fraction of sp³-hybridized carbons (Fsp3) is 0.273. The number of nitrogens with zero attached hydrogens (tertiary/aromatic N) is 1. The molecule has 9 heteroatoms. The van der Waals surface area contributed by atoms with E-state index in [2.05, 4.69) is 0 Å². The molecular formula is C22H20ClNO7. The first-order valence-corrected chi connectivity index (χ1v) is 9.97. The number of carbonyl (C=O) groups is 1. The van der Waals surface area contributed by atoms with Gasteiger partial charge >= 0.3 is 5.97 Å². The van der Waals surface area contributed by atoms with Crippen LogP contribution in [-0.4, -0.2) is 57.5 Å². The Morgan fingerprint density at radius 3 is 2.61 bits per heavy atom. The van der Waals surface area contributed by atoms with Crippen molar-refractivity contribution in [1.29, 1.82) is 0 Å². The van der Waals surface area contributed by atoms with Gasteiger partial charge in [-0.25, -0.2) is 4.79 Å². The lowest BCUT2D eigenvalue weighted by molar-refractivity contribution is 0.0697. The Labute approximate surface area is 181 Å². The molecule has 3 aromatic rings. The number of aromatic carboxylic acids is 1. The number of likely N-dealkylation sites (tertiary alicyclic amines) is 1. The lowest BCUT2D eigenvalue weighted by Gasteiger charge is -2.24. The summed E-state index contributed by atoms with van der Waals surface area (Å²) < 4.78 is 5.99. The summed E-state index contributed by atoms with van der Waals surface area (Å²) in [6.45, 7) is 0.513.